The molecule has 0 saturated carbocycles. The fourth-order valence-corrected chi connectivity index (χ4v) is 2.76. The summed E-state index contributed by atoms with van der Waals surface area (Å²) < 4.78 is 0. The monoisotopic (exact) mass is 282 g/mol. The topological polar surface area (TPSA) is 41.1 Å². The second-order valence-electron chi connectivity index (χ2n) is 5.44. The van der Waals surface area contributed by atoms with Crippen molar-refractivity contribution in [1.82, 2.24) is 9.97 Å². The highest BCUT2D eigenvalue weighted by Crippen LogP contribution is 2.22. The van der Waals surface area contributed by atoms with Gasteiger partial charge in [0.25, 0.3) is 0 Å². The number of piperidine rings is 1. The van der Waals surface area contributed by atoms with E-state index in [1.165, 1.54) is 30.5 Å². The van der Waals surface area contributed by atoms with Crippen molar-refractivity contribution in [2.45, 2.75) is 32.6 Å². The third kappa shape index (κ3) is 3.32. The normalized spacial score (nSPS) is 15.0. The Bertz CT molecular complexity index is 574. The van der Waals surface area contributed by atoms with E-state index < -0.39 is 0 Å². The molecule has 3 rings (SSSR count). The van der Waals surface area contributed by atoms with Gasteiger partial charge in [0.05, 0.1) is 11.9 Å². The van der Waals surface area contributed by atoms with E-state index in [1.807, 2.05) is 24.5 Å². The first kappa shape index (κ1) is 13.9. The van der Waals surface area contributed by atoms with E-state index in [2.05, 4.69) is 39.2 Å². The van der Waals surface area contributed by atoms with Crippen LogP contribution in [0.4, 0.5) is 17.3 Å². The molecule has 1 saturated heterocycles. The second kappa shape index (κ2) is 6.57. The smallest absolute Gasteiger partial charge is 0.134 e. The lowest BCUT2D eigenvalue weighted by molar-refractivity contribution is 0.577. The van der Waals surface area contributed by atoms with Crippen LogP contribution in [0.2, 0.25) is 0 Å². The number of rotatable bonds is 4. The average Bonchev–Trinajstić information content (AvgIpc) is 2.57. The maximum Gasteiger partial charge on any atom is 0.134 e. The molecule has 110 valence electrons. The highest BCUT2D eigenvalue weighted by atomic mass is 15.1. The lowest BCUT2D eigenvalue weighted by atomic mass is 10.1. The molecular weight excluding hydrogens is 260 g/mol. The standard InChI is InChI=1S/C17H22N4/c1-2-14-7-6-10-18-17(14)20-16-9-8-15(13-19-16)21-11-4-3-5-12-21/h6-10,13H,2-5,11-12H2,1H3,(H,18,19,20). The van der Waals surface area contributed by atoms with Crippen molar-refractivity contribution in [2.75, 3.05) is 23.3 Å². The number of aryl methyl sites for hydroxylation is 1. The molecule has 1 N–H and O–H groups in total. The Labute approximate surface area is 126 Å². The molecule has 2 aromatic heterocycles. The van der Waals surface area contributed by atoms with Crippen molar-refractivity contribution in [3.05, 3.63) is 42.2 Å². The zero-order valence-corrected chi connectivity index (χ0v) is 12.5. The highest BCUT2D eigenvalue weighted by Gasteiger charge is 2.11. The van der Waals surface area contributed by atoms with E-state index >= 15 is 0 Å². The molecule has 21 heavy (non-hydrogen) atoms. The van der Waals surface area contributed by atoms with Crippen LogP contribution in [0.25, 0.3) is 0 Å². The third-order valence-corrected chi connectivity index (χ3v) is 3.99. The van der Waals surface area contributed by atoms with E-state index in [4.69, 9.17) is 0 Å². The van der Waals surface area contributed by atoms with E-state index in [0.29, 0.717) is 0 Å². The molecule has 0 atom stereocenters. The number of nitrogens with zero attached hydrogens (tertiary/aromatic N) is 3. The van der Waals surface area contributed by atoms with Crippen LogP contribution in [-0.4, -0.2) is 23.1 Å². The maximum absolute atomic E-state index is 4.53. The second-order valence-corrected chi connectivity index (χ2v) is 5.44. The molecule has 0 radical (unpaired) electrons. The molecule has 4 heteroatoms. The molecule has 1 aliphatic heterocycles. The molecule has 1 aliphatic rings. The summed E-state index contributed by atoms with van der Waals surface area (Å²) >= 11 is 0. The van der Waals surface area contributed by atoms with Crippen LogP contribution in [0.3, 0.4) is 0 Å². The van der Waals surface area contributed by atoms with Crippen molar-refractivity contribution < 1.29 is 0 Å². The van der Waals surface area contributed by atoms with Gasteiger partial charge in [-0.2, -0.15) is 0 Å². The SMILES string of the molecule is CCc1cccnc1Nc1ccc(N2CCCCC2)cn1. The lowest BCUT2D eigenvalue weighted by Gasteiger charge is -2.28. The summed E-state index contributed by atoms with van der Waals surface area (Å²) in [4.78, 5) is 11.3. The van der Waals surface area contributed by atoms with E-state index in [-0.39, 0.29) is 0 Å². The summed E-state index contributed by atoms with van der Waals surface area (Å²) in [5, 5.41) is 3.31. The van der Waals surface area contributed by atoms with Gasteiger partial charge in [-0.05, 0) is 49.4 Å². The summed E-state index contributed by atoms with van der Waals surface area (Å²) in [5.41, 5.74) is 2.43. The van der Waals surface area contributed by atoms with Gasteiger partial charge < -0.3 is 10.2 Å². The van der Waals surface area contributed by atoms with Crippen LogP contribution in [0, 0.1) is 0 Å². The van der Waals surface area contributed by atoms with Crippen LogP contribution in [0.5, 0.6) is 0 Å². The first-order valence-electron chi connectivity index (χ1n) is 7.79. The van der Waals surface area contributed by atoms with Gasteiger partial charge in [-0.15, -0.1) is 0 Å². The van der Waals surface area contributed by atoms with E-state index in [1.54, 1.807) is 0 Å². The predicted octanol–water partition coefficient (Wildman–Crippen LogP) is 3.77. The van der Waals surface area contributed by atoms with Crippen molar-refractivity contribution >= 4 is 17.3 Å². The maximum atomic E-state index is 4.53. The highest BCUT2D eigenvalue weighted by molar-refractivity contribution is 5.58. The molecule has 4 nitrogen and oxygen atoms in total. The van der Waals surface area contributed by atoms with Gasteiger partial charge in [0.15, 0.2) is 0 Å². The van der Waals surface area contributed by atoms with Crippen LogP contribution in [0.1, 0.15) is 31.7 Å². The van der Waals surface area contributed by atoms with Crippen LogP contribution in [0.15, 0.2) is 36.7 Å². The average molecular weight is 282 g/mol. The molecule has 0 bridgehead atoms. The third-order valence-electron chi connectivity index (χ3n) is 3.99. The molecule has 3 heterocycles. The summed E-state index contributed by atoms with van der Waals surface area (Å²) in [5.74, 6) is 1.75. The van der Waals surface area contributed by atoms with E-state index in [9.17, 15) is 0 Å². The Morgan fingerprint density at radius 1 is 1.10 bits per heavy atom. The lowest BCUT2D eigenvalue weighted by Crippen LogP contribution is -2.29. The number of nitrogens with one attached hydrogen (secondary N) is 1. The van der Waals surface area contributed by atoms with Gasteiger partial charge in [0, 0.05) is 19.3 Å². The predicted molar refractivity (Wildman–Crippen MR) is 87.2 cm³/mol. The Balaban J connectivity index is 1.72. The van der Waals surface area contributed by atoms with Gasteiger partial charge in [-0.3, -0.25) is 0 Å². The van der Waals surface area contributed by atoms with Crippen molar-refractivity contribution in [3.63, 3.8) is 0 Å². The first-order valence-corrected chi connectivity index (χ1v) is 7.79. The number of aromatic nitrogens is 2. The van der Waals surface area contributed by atoms with Gasteiger partial charge in [0.2, 0.25) is 0 Å². The fraction of sp³-hybridized carbons (Fsp3) is 0.412. The minimum Gasteiger partial charge on any atom is -0.370 e. The molecule has 0 aliphatic carbocycles. The minimum atomic E-state index is 0.851. The van der Waals surface area contributed by atoms with Gasteiger partial charge in [0.1, 0.15) is 11.6 Å². The number of pyridine rings is 2. The largest absolute Gasteiger partial charge is 0.370 e. The van der Waals surface area contributed by atoms with E-state index in [0.717, 1.165) is 31.1 Å². The van der Waals surface area contributed by atoms with Crippen molar-refractivity contribution in [3.8, 4) is 0 Å². The van der Waals surface area contributed by atoms with Crippen molar-refractivity contribution in [1.29, 1.82) is 0 Å². The molecule has 0 unspecified atom stereocenters. The Morgan fingerprint density at radius 3 is 2.67 bits per heavy atom. The summed E-state index contributed by atoms with van der Waals surface area (Å²) in [6, 6.07) is 8.25. The Kier molecular flexibility index (Phi) is 4.34. The van der Waals surface area contributed by atoms with Crippen LogP contribution >= 0.6 is 0 Å². The molecule has 0 amide bonds. The Hall–Kier alpha value is -2.10. The van der Waals surface area contributed by atoms with Crippen LogP contribution < -0.4 is 10.2 Å². The number of hydrogen-bond donors (Lipinski definition) is 1. The first-order chi connectivity index (χ1) is 10.4. The Morgan fingerprint density at radius 2 is 1.95 bits per heavy atom. The molecular formula is C17H22N4. The molecule has 0 aromatic carbocycles. The summed E-state index contributed by atoms with van der Waals surface area (Å²) in [6.07, 6.45) is 8.65. The van der Waals surface area contributed by atoms with Gasteiger partial charge in [-0.25, -0.2) is 9.97 Å². The minimum absolute atomic E-state index is 0.851. The zero-order valence-electron chi connectivity index (χ0n) is 12.5. The summed E-state index contributed by atoms with van der Waals surface area (Å²) in [7, 11) is 0. The fourth-order valence-electron chi connectivity index (χ4n) is 2.76. The molecule has 2 aromatic rings. The van der Waals surface area contributed by atoms with Gasteiger partial charge in [-0.1, -0.05) is 13.0 Å². The van der Waals surface area contributed by atoms with Gasteiger partial charge >= 0.3 is 0 Å². The van der Waals surface area contributed by atoms with Crippen LogP contribution in [-0.2, 0) is 6.42 Å². The summed E-state index contributed by atoms with van der Waals surface area (Å²) in [6.45, 7) is 4.43. The van der Waals surface area contributed by atoms with Crippen molar-refractivity contribution in [2.24, 2.45) is 0 Å². The zero-order chi connectivity index (χ0) is 14.5. The molecule has 0 spiro atoms. The number of anilines is 3. The quantitative estimate of drug-likeness (QED) is 0.926. The number of hydrogen-bond acceptors (Lipinski definition) is 4. The molecule has 1 fully saturated rings.